The number of nitrogens with zero attached hydrogens (tertiary/aromatic N) is 1. The minimum atomic E-state index is -0.387. The van der Waals surface area contributed by atoms with Gasteiger partial charge in [0.25, 0.3) is 0 Å². The number of thiophene rings is 1. The van der Waals surface area contributed by atoms with Gasteiger partial charge in [-0.1, -0.05) is 6.08 Å². The van der Waals surface area contributed by atoms with Crippen LogP contribution in [0, 0.1) is 16.0 Å². The van der Waals surface area contributed by atoms with Crippen molar-refractivity contribution >= 4 is 17.1 Å². The van der Waals surface area contributed by atoms with Gasteiger partial charge in [0.1, 0.15) is 0 Å². The van der Waals surface area contributed by atoms with Crippen LogP contribution in [-0.4, -0.2) is 16.7 Å². The van der Waals surface area contributed by atoms with Gasteiger partial charge in [0.2, 0.25) is 6.04 Å². The number of hydrogen-bond donors (Lipinski definition) is 0. The molecule has 1 aliphatic rings. The van der Waals surface area contributed by atoms with E-state index in [4.69, 9.17) is 0 Å². The zero-order valence-electron chi connectivity index (χ0n) is 9.95. The monoisotopic (exact) mass is 265 g/mol. The summed E-state index contributed by atoms with van der Waals surface area (Å²) in [7, 11) is 0. The third-order valence-electron chi connectivity index (χ3n) is 3.36. The van der Waals surface area contributed by atoms with E-state index in [0.29, 0.717) is 18.8 Å². The zero-order chi connectivity index (χ0) is 13.0. The van der Waals surface area contributed by atoms with Gasteiger partial charge in [-0.3, -0.25) is 14.9 Å². The highest BCUT2D eigenvalue weighted by Gasteiger charge is 2.27. The molecular formula is C13H15NO3S. The molecule has 1 fully saturated rings. The van der Waals surface area contributed by atoms with E-state index in [0.717, 1.165) is 18.4 Å². The second-order valence-electron chi connectivity index (χ2n) is 4.59. The van der Waals surface area contributed by atoms with Gasteiger partial charge in [-0.15, -0.1) is 0 Å². The van der Waals surface area contributed by atoms with Crippen molar-refractivity contribution in [2.75, 3.05) is 0 Å². The predicted octanol–water partition coefficient (Wildman–Crippen LogP) is 3.32. The minimum absolute atomic E-state index is 0.0210. The van der Waals surface area contributed by atoms with Crippen LogP contribution in [0.3, 0.4) is 0 Å². The molecule has 5 heteroatoms. The van der Waals surface area contributed by atoms with E-state index in [-0.39, 0.29) is 16.7 Å². The maximum Gasteiger partial charge on any atom is 0.213 e. The molecular weight excluding hydrogens is 250 g/mol. The molecule has 0 bridgehead atoms. The summed E-state index contributed by atoms with van der Waals surface area (Å²) in [5.41, 5.74) is 0.718. The van der Waals surface area contributed by atoms with Crippen LogP contribution < -0.4 is 0 Å². The molecule has 0 atom stereocenters. The normalized spacial score (nSPS) is 24.2. The average Bonchev–Trinajstić information content (AvgIpc) is 2.90. The van der Waals surface area contributed by atoms with Crippen LogP contribution in [0.15, 0.2) is 29.0 Å². The van der Waals surface area contributed by atoms with Crippen LogP contribution >= 0.6 is 11.3 Å². The molecule has 0 aromatic carbocycles. The van der Waals surface area contributed by atoms with Gasteiger partial charge < -0.3 is 0 Å². The molecule has 1 heterocycles. The van der Waals surface area contributed by atoms with E-state index in [1.165, 1.54) is 11.3 Å². The number of hydrogen-bond acceptors (Lipinski definition) is 4. The summed E-state index contributed by atoms with van der Waals surface area (Å²) >= 11 is 1.50. The summed E-state index contributed by atoms with van der Waals surface area (Å²) < 4.78 is 0. The van der Waals surface area contributed by atoms with E-state index in [1.54, 1.807) is 12.1 Å². The summed E-state index contributed by atoms with van der Waals surface area (Å²) in [5, 5.41) is 14.3. The fraction of sp³-hybridized carbons (Fsp3) is 0.462. The largest absolute Gasteiger partial charge is 0.289 e. The topological polar surface area (TPSA) is 60.2 Å². The third kappa shape index (κ3) is 3.26. The predicted molar refractivity (Wildman–Crippen MR) is 70.5 cm³/mol. The molecule has 18 heavy (non-hydrogen) atoms. The maximum atomic E-state index is 11.7. The molecule has 0 radical (unpaired) electrons. The van der Waals surface area contributed by atoms with Crippen molar-refractivity contribution in [3.05, 3.63) is 44.7 Å². The van der Waals surface area contributed by atoms with E-state index in [2.05, 4.69) is 0 Å². The number of carbonyl (C=O) groups excluding carboxylic acids is 1. The van der Waals surface area contributed by atoms with Gasteiger partial charge >= 0.3 is 0 Å². The van der Waals surface area contributed by atoms with Crippen LogP contribution in [-0.2, 0) is 0 Å². The van der Waals surface area contributed by atoms with Crippen molar-refractivity contribution in [2.24, 2.45) is 5.92 Å². The van der Waals surface area contributed by atoms with Crippen LogP contribution in [0.1, 0.15) is 36.0 Å². The summed E-state index contributed by atoms with van der Waals surface area (Å²) in [6, 6.07) is 1.42. The highest BCUT2D eigenvalue weighted by molar-refractivity contribution is 7.08. The van der Waals surface area contributed by atoms with Gasteiger partial charge in [0.15, 0.2) is 5.78 Å². The quantitative estimate of drug-likeness (QED) is 0.363. The van der Waals surface area contributed by atoms with Crippen LogP contribution in [0.2, 0.25) is 0 Å². The first-order valence-electron chi connectivity index (χ1n) is 6.05. The van der Waals surface area contributed by atoms with Crippen LogP contribution in [0.5, 0.6) is 0 Å². The number of carbonyl (C=O) groups is 1. The van der Waals surface area contributed by atoms with Gasteiger partial charge in [-0.2, -0.15) is 11.3 Å². The van der Waals surface area contributed by atoms with Crippen molar-refractivity contribution in [3.63, 3.8) is 0 Å². The molecule has 0 spiro atoms. The van der Waals surface area contributed by atoms with Crippen molar-refractivity contribution in [2.45, 2.75) is 31.7 Å². The summed E-state index contributed by atoms with van der Waals surface area (Å²) in [4.78, 5) is 22.2. The van der Waals surface area contributed by atoms with Crippen LogP contribution in [0.4, 0.5) is 0 Å². The maximum absolute atomic E-state index is 11.7. The molecule has 2 rings (SSSR count). The van der Waals surface area contributed by atoms with Crippen LogP contribution in [0.25, 0.3) is 0 Å². The highest BCUT2D eigenvalue weighted by Crippen LogP contribution is 2.26. The number of nitro groups is 1. The third-order valence-corrected chi connectivity index (χ3v) is 4.05. The Bertz CT molecular complexity index is 445. The molecule has 1 aromatic heterocycles. The fourth-order valence-electron chi connectivity index (χ4n) is 2.23. The van der Waals surface area contributed by atoms with E-state index < -0.39 is 0 Å². The lowest BCUT2D eigenvalue weighted by Crippen LogP contribution is -2.25. The lowest BCUT2D eigenvalue weighted by Gasteiger charge is -2.20. The Hall–Kier alpha value is -1.49. The van der Waals surface area contributed by atoms with Crippen molar-refractivity contribution in [1.29, 1.82) is 0 Å². The number of allylic oxidation sites excluding steroid dienone is 2. The summed E-state index contributed by atoms with van der Waals surface area (Å²) in [5.74, 6) is 0.330. The molecule has 1 aliphatic carbocycles. The Kier molecular flexibility index (Phi) is 4.25. The molecule has 0 aliphatic heterocycles. The summed E-state index contributed by atoms with van der Waals surface area (Å²) in [6.45, 7) is 0. The van der Waals surface area contributed by atoms with E-state index >= 15 is 0 Å². The Morgan fingerprint density at radius 3 is 2.67 bits per heavy atom. The molecule has 4 nitrogen and oxygen atoms in total. The minimum Gasteiger partial charge on any atom is -0.289 e. The Morgan fingerprint density at radius 2 is 2.11 bits per heavy atom. The Balaban J connectivity index is 1.84. The number of ketones is 1. The highest BCUT2D eigenvalue weighted by atomic mass is 32.1. The molecule has 1 aromatic rings. The summed E-state index contributed by atoms with van der Waals surface area (Å²) in [6.07, 6.45) is 6.37. The average molecular weight is 265 g/mol. The van der Waals surface area contributed by atoms with Crippen molar-refractivity contribution in [1.82, 2.24) is 0 Å². The van der Waals surface area contributed by atoms with Crippen molar-refractivity contribution in [3.8, 4) is 0 Å². The lowest BCUT2D eigenvalue weighted by molar-refractivity contribution is -0.526. The first-order chi connectivity index (χ1) is 8.66. The molecule has 0 amide bonds. The van der Waals surface area contributed by atoms with E-state index in [9.17, 15) is 14.9 Å². The Labute approximate surface area is 109 Å². The molecule has 96 valence electrons. The lowest BCUT2D eigenvalue weighted by atomic mass is 9.86. The van der Waals surface area contributed by atoms with Gasteiger partial charge in [-0.25, -0.2) is 0 Å². The second kappa shape index (κ2) is 5.91. The molecule has 0 saturated heterocycles. The molecule has 1 saturated carbocycles. The van der Waals surface area contributed by atoms with Gasteiger partial charge in [-0.05, 0) is 36.3 Å². The molecule has 0 N–H and O–H groups in total. The zero-order valence-corrected chi connectivity index (χ0v) is 10.8. The Morgan fingerprint density at radius 1 is 1.39 bits per heavy atom. The fourth-order valence-corrected chi connectivity index (χ4v) is 2.87. The number of rotatable bonds is 4. The van der Waals surface area contributed by atoms with Gasteiger partial charge in [0, 0.05) is 28.7 Å². The van der Waals surface area contributed by atoms with E-state index in [1.807, 2.05) is 16.8 Å². The SMILES string of the molecule is O=C(/C=C/C1CCC([N+](=O)[O-])CC1)c1ccsc1. The molecule has 0 unspecified atom stereocenters. The smallest absolute Gasteiger partial charge is 0.213 e. The second-order valence-corrected chi connectivity index (χ2v) is 5.37. The van der Waals surface area contributed by atoms with Gasteiger partial charge in [0.05, 0.1) is 0 Å². The van der Waals surface area contributed by atoms with Crippen molar-refractivity contribution < 1.29 is 9.72 Å². The standard InChI is InChI=1S/C13H15NO3S/c15-13(11-7-8-18-9-11)6-3-10-1-4-12(5-2-10)14(16)17/h3,6-10,12H,1-2,4-5H2/b6-3+. The first kappa shape index (κ1) is 13.0. The first-order valence-corrected chi connectivity index (χ1v) is 6.99.